The van der Waals surface area contributed by atoms with Crippen molar-refractivity contribution in [2.24, 2.45) is 0 Å². The van der Waals surface area contributed by atoms with Gasteiger partial charge in [-0.1, -0.05) is 0 Å². The van der Waals surface area contributed by atoms with Crippen LogP contribution in [0, 0.1) is 5.82 Å². The molecule has 0 unspecified atom stereocenters. The molecule has 1 aliphatic rings. The molecule has 1 aliphatic heterocycles. The normalized spacial score (nSPS) is 15.9. The molecule has 0 saturated carbocycles. The fourth-order valence-corrected chi connectivity index (χ4v) is 6.11. The maximum Gasteiger partial charge on any atom is 0.349 e. The van der Waals surface area contributed by atoms with E-state index in [9.17, 15) is 17.6 Å². The van der Waals surface area contributed by atoms with E-state index in [0.29, 0.717) is 30.2 Å². The first-order chi connectivity index (χ1) is 14.4. The van der Waals surface area contributed by atoms with Crippen molar-refractivity contribution >= 4 is 27.3 Å². The lowest BCUT2D eigenvalue weighted by Crippen LogP contribution is -2.38. The van der Waals surface area contributed by atoms with Crippen LogP contribution in [0.25, 0.3) is 11.5 Å². The lowest BCUT2D eigenvalue weighted by atomic mass is 9.98. The monoisotopic (exact) mass is 451 g/mol. The van der Waals surface area contributed by atoms with Crippen LogP contribution in [0.4, 0.5) is 4.39 Å². The largest absolute Gasteiger partial charge is 0.465 e. The Morgan fingerprint density at radius 3 is 2.57 bits per heavy atom. The molecule has 30 heavy (non-hydrogen) atoms. The second kappa shape index (κ2) is 8.25. The van der Waals surface area contributed by atoms with Gasteiger partial charge in [0.25, 0.3) is 0 Å². The molecule has 0 spiro atoms. The van der Waals surface area contributed by atoms with E-state index in [1.54, 1.807) is 17.5 Å². The maximum absolute atomic E-state index is 13.1. The van der Waals surface area contributed by atoms with Crippen molar-refractivity contribution in [2.75, 3.05) is 20.2 Å². The van der Waals surface area contributed by atoms with Gasteiger partial charge in [-0.05, 0) is 48.6 Å². The molecule has 4 rings (SSSR count). The second-order valence-corrected chi connectivity index (χ2v) is 9.56. The summed E-state index contributed by atoms with van der Waals surface area (Å²) < 4.78 is 50.8. The fraction of sp³-hybridized carbons (Fsp3) is 0.316. The molecule has 0 aliphatic carbocycles. The summed E-state index contributed by atoms with van der Waals surface area (Å²) in [4.78, 5) is 11.9. The first-order valence-corrected chi connectivity index (χ1v) is 11.5. The zero-order valence-corrected chi connectivity index (χ0v) is 17.6. The molecule has 0 radical (unpaired) electrons. The standard InChI is InChI=1S/C19H18FN3O5S2/c1-27-19(24)16-15(8-11-29-16)30(25,26)23-9-6-13(7-10-23)18-22-21-17(28-18)12-2-4-14(20)5-3-12/h2-5,8,11,13H,6-7,9-10H2,1H3. The van der Waals surface area contributed by atoms with Crippen molar-refractivity contribution in [3.05, 3.63) is 52.3 Å². The van der Waals surface area contributed by atoms with E-state index in [-0.39, 0.29) is 34.6 Å². The number of methoxy groups -OCH3 is 1. The van der Waals surface area contributed by atoms with Gasteiger partial charge in [0, 0.05) is 24.6 Å². The lowest BCUT2D eigenvalue weighted by Gasteiger charge is -2.29. The number of carbonyl (C=O) groups excluding carboxylic acids is 1. The molecular weight excluding hydrogens is 433 g/mol. The van der Waals surface area contributed by atoms with Gasteiger partial charge in [0.05, 0.1) is 7.11 Å². The third-order valence-corrected chi connectivity index (χ3v) is 7.92. The van der Waals surface area contributed by atoms with E-state index in [2.05, 4.69) is 14.9 Å². The predicted molar refractivity (Wildman–Crippen MR) is 106 cm³/mol. The third-order valence-electron chi connectivity index (χ3n) is 4.95. The zero-order chi connectivity index (χ0) is 21.3. The van der Waals surface area contributed by atoms with Crippen LogP contribution in [0.5, 0.6) is 0 Å². The van der Waals surface area contributed by atoms with E-state index in [1.165, 1.54) is 29.6 Å². The van der Waals surface area contributed by atoms with E-state index in [1.807, 2.05) is 0 Å². The van der Waals surface area contributed by atoms with Crippen molar-refractivity contribution in [3.8, 4) is 11.5 Å². The number of ether oxygens (including phenoxy) is 1. The van der Waals surface area contributed by atoms with Gasteiger partial charge in [-0.25, -0.2) is 17.6 Å². The number of nitrogens with zero attached hydrogens (tertiary/aromatic N) is 3. The van der Waals surface area contributed by atoms with Gasteiger partial charge in [0.2, 0.25) is 21.8 Å². The quantitative estimate of drug-likeness (QED) is 0.549. The SMILES string of the molecule is COC(=O)c1sccc1S(=O)(=O)N1CCC(c2nnc(-c3ccc(F)cc3)o2)CC1. The molecule has 0 N–H and O–H groups in total. The van der Waals surface area contributed by atoms with Crippen LogP contribution >= 0.6 is 11.3 Å². The van der Waals surface area contributed by atoms with E-state index < -0.39 is 16.0 Å². The predicted octanol–water partition coefficient (Wildman–Crippen LogP) is 3.29. The van der Waals surface area contributed by atoms with Crippen molar-refractivity contribution in [1.29, 1.82) is 0 Å². The number of halogens is 1. The second-order valence-electron chi connectivity index (χ2n) is 6.74. The Bertz CT molecular complexity index is 1150. The van der Waals surface area contributed by atoms with Gasteiger partial charge in [-0.15, -0.1) is 21.5 Å². The number of benzene rings is 1. The molecule has 8 nitrogen and oxygen atoms in total. The van der Waals surface area contributed by atoms with Gasteiger partial charge >= 0.3 is 5.97 Å². The third kappa shape index (κ3) is 3.87. The summed E-state index contributed by atoms with van der Waals surface area (Å²) in [6.07, 6.45) is 1.00. The first kappa shape index (κ1) is 20.6. The number of hydrogen-bond donors (Lipinski definition) is 0. The summed E-state index contributed by atoms with van der Waals surface area (Å²) >= 11 is 1.03. The summed E-state index contributed by atoms with van der Waals surface area (Å²) in [6.45, 7) is 0.523. The van der Waals surface area contributed by atoms with Crippen LogP contribution in [0.3, 0.4) is 0 Å². The minimum atomic E-state index is -3.81. The van der Waals surface area contributed by atoms with Crippen LogP contribution < -0.4 is 0 Å². The van der Waals surface area contributed by atoms with Gasteiger partial charge in [-0.3, -0.25) is 0 Å². The Hall–Kier alpha value is -2.63. The molecule has 0 amide bonds. The topological polar surface area (TPSA) is 103 Å². The zero-order valence-electron chi connectivity index (χ0n) is 15.9. The Kier molecular flexibility index (Phi) is 5.67. The van der Waals surface area contributed by atoms with E-state index in [0.717, 1.165) is 11.3 Å². The number of hydrogen-bond acceptors (Lipinski definition) is 8. The van der Waals surface area contributed by atoms with Crippen molar-refractivity contribution in [2.45, 2.75) is 23.7 Å². The van der Waals surface area contributed by atoms with E-state index in [4.69, 9.17) is 4.42 Å². The molecule has 1 fully saturated rings. The summed E-state index contributed by atoms with van der Waals surface area (Å²) in [6, 6.07) is 7.17. The van der Waals surface area contributed by atoms with Crippen LogP contribution in [0.15, 0.2) is 45.0 Å². The van der Waals surface area contributed by atoms with Crippen molar-refractivity contribution < 1.29 is 26.8 Å². The molecule has 0 atom stereocenters. The van der Waals surface area contributed by atoms with Gasteiger partial charge < -0.3 is 9.15 Å². The number of piperidine rings is 1. The number of thiophene rings is 1. The molecule has 2 aromatic heterocycles. The summed E-state index contributed by atoms with van der Waals surface area (Å²) in [7, 11) is -2.59. The lowest BCUT2D eigenvalue weighted by molar-refractivity contribution is 0.0602. The van der Waals surface area contributed by atoms with Gasteiger partial charge in [-0.2, -0.15) is 4.31 Å². The number of sulfonamides is 1. The number of esters is 1. The molecule has 3 aromatic rings. The molecule has 3 heterocycles. The summed E-state index contributed by atoms with van der Waals surface area (Å²) in [5.41, 5.74) is 0.614. The maximum atomic E-state index is 13.1. The van der Waals surface area contributed by atoms with Gasteiger partial charge in [0.1, 0.15) is 15.6 Å². The molecule has 1 saturated heterocycles. The highest BCUT2D eigenvalue weighted by Gasteiger charge is 2.35. The summed E-state index contributed by atoms with van der Waals surface area (Å²) in [5.74, 6) is -0.385. The Labute approximate surface area is 176 Å². The average Bonchev–Trinajstić information content (AvgIpc) is 3.44. The number of carbonyl (C=O) groups is 1. The fourth-order valence-electron chi connectivity index (χ4n) is 3.33. The van der Waals surface area contributed by atoms with Gasteiger partial charge in [0.15, 0.2) is 0 Å². The Morgan fingerprint density at radius 2 is 1.90 bits per heavy atom. The van der Waals surface area contributed by atoms with Crippen molar-refractivity contribution in [3.63, 3.8) is 0 Å². The first-order valence-electron chi connectivity index (χ1n) is 9.15. The average molecular weight is 452 g/mol. The van der Waals surface area contributed by atoms with E-state index >= 15 is 0 Å². The smallest absolute Gasteiger partial charge is 0.349 e. The molecule has 11 heteroatoms. The van der Waals surface area contributed by atoms with Crippen LogP contribution in [-0.2, 0) is 14.8 Å². The highest BCUT2D eigenvalue weighted by molar-refractivity contribution is 7.89. The Balaban J connectivity index is 1.46. The van der Waals surface area contributed by atoms with Crippen molar-refractivity contribution in [1.82, 2.24) is 14.5 Å². The van der Waals surface area contributed by atoms with Crippen LogP contribution in [-0.4, -0.2) is 49.1 Å². The Morgan fingerprint density at radius 1 is 1.20 bits per heavy atom. The highest BCUT2D eigenvalue weighted by Crippen LogP contribution is 2.33. The summed E-state index contributed by atoms with van der Waals surface area (Å²) in [5, 5.41) is 9.66. The van der Waals surface area contributed by atoms with Crippen LogP contribution in [0.2, 0.25) is 0 Å². The number of aromatic nitrogens is 2. The molecule has 158 valence electrons. The minimum absolute atomic E-state index is 0.0332. The van der Waals surface area contributed by atoms with Crippen LogP contribution in [0.1, 0.15) is 34.3 Å². The molecular formula is C19H18FN3O5S2. The highest BCUT2D eigenvalue weighted by atomic mass is 32.2. The molecule has 0 bridgehead atoms. The number of rotatable bonds is 5. The minimum Gasteiger partial charge on any atom is -0.465 e. The molecule has 1 aromatic carbocycles.